The van der Waals surface area contributed by atoms with Crippen LogP contribution in [0.3, 0.4) is 0 Å². The van der Waals surface area contributed by atoms with Crippen LogP contribution in [0, 0.1) is 0 Å². The van der Waals surface area contributed by atoms with Gasteiger partial charge in [-0.05, 0) is 53.1 Å². The molecule has 0 bridgehead atoms. The Morgan fingerprint density at radius 3 is 2.12 bits per heavy atom. The first-order chi connectivity index (χ1) is 20.3. The highest BCUT2D eigenvalue weighted by molar-refractivity contribution is 7.26. The zero-order chi connectivity index (χ0) is 26.9. The lowest BCUT2D eigenvalue weighted by Gasteiger charge is -2.12. The molecule has 0 unspecified atom stereocenters. The number of rotatable bonds is 3. The van der Waals surface area contributed by atoms with E-state index in [9.17, 15) is 0 Å². The highest BCUT2D eigenvalue weighted by Crippen LogP contribution is 2.45. The standard InChI is InChI=1S/C38H23NOS/c1-2-11-25(12-3-1)39-33-19-8-6-16-31(33)38-36(39)32-23-24(21-22-35(32)41-38)26-13-4-5-14-27(26)29-17-10-18-30-28-15-7-9-20-34(28)40-37(29)30/h1-23H. The first-order valence-electron chi connectivity index (χ1n) is 13.9. The molecule has 192 valence electrons. The molecule has 0 atom stereocenters. The molecular formula is C38H23NOS. The Kier molecular flexibility index (Phi) is 4.80. The van der Waals surface area contributed by atoms with Crippen molar-refractivity contribution in [2.45, 2.75) is 0 Å². The van der Waals surface area contributed by atoms with Crippen LogP contribution in [0.25, 0.3) is 81.1 Å². The number of thiophene rings is 1. The molecule has 9 aromatic rings. The van der Waals surface area contributed by atoms with Crippen molar-refractivity contribution in [1.82, 2.24) is 4.57 Å². The largest absolute Gasteiger partial charge is 0.455 e. The van der Waals surface area contributed by atoms with Gasteiger partial charge in [0.2, 0.25) is 0 Å². The zero-order valence-electron chi connectivity index (χ0n) is 22.0. The van der Waals surface area contributed by atoms with Crippen LogP contribution in [-0.4, -0.2) is 4.57 Å². The molecule has 0 saturated carbocycles. The molecule has 0 aliphatic heterocycles. The highest BCUT2D eigenvalue weighted by Gasteiger charge is 2.19. The minimum Gasteiger partial charge on any atom is -0.455 e. The third-order valence-electron chi connectivity index (χ3n) is 8.22. The molecule has 0 spiro atoms. The van der Waals surface area contributed by atoms with Gasteiger partial charge in [-0.25, -0.2) is 0 Å². The van der Waals surface area contributed by atoms with Gasteiger partial charge in [-0.3, -0.25) is 0 Å². The maximum atomic E-state index is 6.44. The highest BCUT2D eigenvalue weighted by atomic mass is 32.1. The number of hydrogen-bond acceptors (Lipinski definition) is 2. The lowest BCUT2D eigenvalue weighted by molar-refractivity contribution is 0.670. The van der Waals surface area contributed by atoms with Gasteiger partial charge >= 0.3 is 0 Å². The van der Waals surface area contributed by atoms with Crippen molar-refractivity contribution in [2.24, 2.45) is 0 Å². The summed E-state index contributed by atoms with van der Waals surface area (Å²) in [6, 6.07) is 49.9. The van der Waals surface area contributed by atoms with Crippen LogP contribution >= 0.6 is 11.3 Å². The van der Waals surface area contributed by atoms with E-state index in [0.29, 0.717) is 0 Å². The molecule has 3 heterocycles. The summed E-state index contributed by atoms with van der Waals surface area (Å²) in [5.41, 5.74) is 10.2. The van der Waals surface area contributed by atoms with Crippen molar-refractivity contribution in [3.63, 3.8) is 0 Å². The van der Waals surface area contributed by atoms with Crippen LogP contribution in [0.5, 0.6) is 0 Å². The SMILES string of the molecule is c1ccc(-n2c3ccccc3c3sc4ccc(-c5ccccc5-c5cccc6c5oc5ccccc56)cc4c32)cc1. The zero-order valence-corrected chi connectivity index (χ0v) is 22.9. The van der Waals surface area contributed by atoms with Gasteiger partial charge in [-0.15, -0.1) is 11.3 Å². The van der Waals surface area contributed by atoms with Gasteiger partial charge < -0.3 is 8.98 Å². The summed E-state index contributed by atoms with van der Waals surface area (Å²) in [7, 11) is 0. The number of nitrogens with zero attached hydrogens (tertiary/aromatic N) is 1. The van der Waals surface area contributed by atoms with Gasteiger partial charge in [-0.2, -0.15) is 0 Å². The number of aromatic nitrogens is 1. The first kappa shape index (κ1) is 22.7. The van der Waals surface area contributed by atoms with Gasteiger partial charge in [0.1, 0.15) is 11.2 Å². The van der Waals surface area contributed by atoms with Crippen LogP contribution in [0.15, 0.2) is 144 Å². The monoisotopic (exact) mass is 541 g/mol. The molecular weight excluding hydrogens is 518 g/mol. The van der Waals surface area contributed by atoms with Crippen molar-refractivity contribution in [1.29, 1.82) is 0 Å². The summed E-state index contributed by atoms with van der Waals surface area (Å²) in [5, 5.41) is 4.87. The van der Waals surface area contributed by atoms with Gasteiger partial charge in [0.25, 0.3) is 0 Å². The summed E-state index contributed by atoms with van der Waals surface area (Å²) in [4.78, 5) is 0. The summed E-state index contributed by atoms with van der Waals surface area (Å²) < 4.78 is 11.5. The molecule has 0 saturated heterocycles. The van der Waals surface area contributed by atoms with Crippen LogP contribution in [0.4, 0.5) is 0 Å². The second kappa shape index (κ2) is 8.69. The average molecular weight is 542 g/mol. The third-order valence-corrected chi connectivity index (χ3v) is 9.42. The van der Waals surface area contributed by atoms with Crippen molar-refractivity contribution in [3.05, 3.63) is 140 Å². The van der Waals surface area contributed by atoms with Crippen molar-refractivity contribution >= 4 is 64.5 Å². The molecule has 2 nitrogen and oxygen atoms in total. The lowest BCUT2D eigenvalue weighted by atomic mass is 9.93. The van der Waals surface area contributed by atoms with Gasteiger partial charge in [0.05, 0.1) is 15.7 Å². The summed E-state index contributed by atoms with van der Waals surface area (Å²) >= 11 is 1.88. The maximum Gasteiger partial charge on any atom is 0.143 e. The van der Waals surface area contributed by atoms with E-state index in [4.69, 9.17) is 4.42 Å². The van der Waals surface area contributed by atoms with Crippen LogP contribution in [-0.2, 0) is 0 Å². The molecule has 9 rings (SSSR count). The summed E-state index contributed by atoms with van der Waals surface area (Å²) in [6.07, 6.45) is 0. The van der Waals surface area contributed by atoms with Crippen molar-refractivity contribution in [3.8, 4) is 27.9 Å². The maximum absolute atomic E-state index is 6.44. The van der Waals surface area contributed by atoms with Gasteiger partial charge in [0, 0.05) is 37.5 Å². The van der Waals surface area contributed by atoms with Crippen LogP contribution in [0.2, 0.25) is 0 Å². The predicted octanol–water partition coefficient (Wildman–Crippen LogP) is 11.2. The number of furan rings is 1. The quantitative estimate of drug-likeness (QED) is 0.217. The van der Waals surface area contributed by atoms with Crippen molar-refractivity contribution in [2.75, 3.05) is 0 Å². The van der Waals surface area contributed by atoms with E-state index in [1.165, 1.54) is 53.6 Å². The van der Waals surface area contributed by atoms with E-state index in [-0.39, 0.29) is 0 Å². The molecule has 0 aliphatic carbocycles. The molecule has 0 amide bonds. The molecule has 3 heteroatoms. The normalized spacial score (nSPS) is 11.9. The number of benzene rings is 6. The molecule has 0 fully saturated rings. The Labute approximate surface area is 240 Å². The number of para-hydroxylation sites is 4. The lowest BCUT2D eigenvalue weighted by Crippen LogP contribution is -1.93. The fourth-order valence-electron chi connectivity index (χ4n) is 6.41. The molecule has 3 aromatic heterocycles. The van der Waals surface area contributed by atoms with E-state index in [0.717, 1.165) is 27.5 Å². The summed E-state index contributed by atoms with van der Waals surface area (Å²) in [6.45, 7) is 0. The Bertz CT molecular complexity index is 2420. The van der Waals surface area contributed by atoms with E-state index in [1.807, 2.05) is 23.5 Å². The van der Waals surface area contributed by atoms with Gasteiger partial charge in [-0.1, -0.05) is 103 Å². The second-order valence-electron chi connectivity index (χ2n) is 10.5. The van der Waals surface area contributed by atoms with E-state index in [2.05, 4.69) is 132 Å². The molecule has 6 aromatic carbocycles. The van der Waals surface area contributed by atoms with E-state index < -0.39 is 0 Å². The smallest absolute Gasteiger partial charge is 0.143 e. The van der Waals surface area contributed by atoms with Crippen molar-refractivity contribution < 1.29 is 4.42 Å². The van der Waals surface area contributed by atoms with E-state index >= 15 is 0 Å². The number of fused-ring (bicyclic) bond motifs is 8. The minimum atomic E-state index is 0.920. The molecule has 41 heavy (non-hydrogen) atoms. The predicted molar refractivity (Wildman–Crippen MR) is 174 cm³/mol. The van der Waals surface area contributed by atoms with Gasteiger partial charge in [0.15, 0.2) is 0 Å². The Hall–Kier alpha value is -5.12. The topological polar surface area (TPSA) is 18.1 Å². The third kappa shape index (κ3) is 3.30. The Morgan fingerprint density at radius 2 is 1.22 bits per heavy atom. The fourth-order valence-corrected chi connectivity index (χ4v) is 7.61. The Morgan fingerprint density at radius 1 is 0.512 bits per heavy atom. The Balaban J connectivity index is 1.32. The van der Waals surface area contributed by atoms with Crippen LogP contribution in [0.1, 0.15) is 0 Å². The molecule has 0 radical (unpaired) electrons. The van der Waals surface area contributed by atoms with E-state index in [1.54, 1.807) is 0 Å². The molecule has 0 N–H and O–H groups in total. The first-order valence-corrected chi connectivity index (χ1v) is 14.7. The second-order valence-corrected chi connectivity index (χ2v) is 11.6. The fraction of sp³-hybridized carbons (Fsp3) is 0. The number of hydrogen-bond donors (Lipinski definition) is 0. The molecule has 0 aliphatic rings. The minimum absolute atomic E-state index is 0.920. The summed E-state index contributed by atoms with van der Waals surface area (Å²) in [5.74, 6) is 0. The average Bonchev–Trinajstić information content (AvgIpc) is 3.70. The van der Waals surface area contributed by atoms with Crippen LogP contribution < -0.4 is 0 Å².